The van der Waals surface area contributed by atoms with E-state index in [9.17, 15) is 4.79 Å². The third-order valence-corrected chi connectivity index (χ3v) is 3.71. The molecule has 1 aliphatic rings. The number of carbonyl (C=O) groups excluding carboxylic acids is 1. The zero-order valence-corrected chi connectivity index (χ0v) is 11.9. The molecule has 2 N–H and O–H groups in total. The number of hydrogen-bond acceptors (Lipinski definition) is 4. The predicted octanol–water partition coefficient (Wildman–Crippen LogP) is 1.53. The molecule has 2 atom stereocenters. The van der Waals surface area contributed by atoms with Gasteiger partial charge in [-0.1, -0.05) is 6.07 Å². The van der Waals surface area contributed by atoms with Crippen LogP contribution in [0.15, 0.2) is 18.2 Å². The minimum atomic E-state index is -0.236. The van der Waals surface area contributed by atoms with Crippen molar-refractivity contribution >= 4 is 5.91 Å². The van der Waals surface area contributed by atoms with Gasteiger partial charge in [-0.05, 0) is 24.5 Å². The van der Waals surface area contributed by atoms with Gasteiger partial charge in [0.2, 0.25) is 5.91 Å². The number of nitrogens with two attached hydrogens (primary N) is 1. The summed E-state index contributed by atoms with van der Waals surface area (Å²) in [6.45, 7) is 0.580. The Morgan fingerprint density at radius 3 is 2.85 bits per heavy atom. The van der Waals surface area contributed by atoms with E-state index in [4.69, 9.17) is 19.9 Å². The molecule has 1 aromatic carbocycles. The lowest BCUT2D eigenvalue weighted by Gasteiger charge is -2.28. The SMILES string of the molecule is COc1ccc(CC2CC(C(N)=O)CCO2)c(OC)c1. The Kier molecular flexibility index (Phi) is 4.84. The first-order valence-corrected chi connectivity index (χ1v) is 6.76. The van der Waals surface area contributed by atoms with E-state index in [2.05, 4.69) is 0 Å². The van der Waals surface area contributed by atoms with E-state index in [0.29, 0.717) is 25.9 Å². The zero-order valence-electron chi connectivity index (χ0n) is 11.9. The molecule has 1 saturated heterocycles. The quantitative estimate of drug-likeness (QED) is 0.887. The number of carbonyl (C=O) groups is 1. The Labute approximate surface area is 119 Å². The Bertz CT molecular complexity index is 475. The molecule has 0 saturated carbocycles. The number of rotatable bonds is 5. The minimum absolute atomic E-state index is 0.00328. The molecule has 0 radical (unpaired) electrons. The third kappa shape index (κ3) is 3.42. The highest BCUT2D eigenvalue weighted by Gasteiger charge is 2.27. The van der Waals surface area contributed by atoms with Gasteiger partial charge in [-0.25, -0.2) is 0 Å². The van der Waals surface area contributed by atoms with Crippen LogP contribution in [0, 0.1) is 5.92 Å². The summed E-state index contributed by atoms with van der Waals surface area (Å²) in [5.74, 6) is 1.21. The van der Waals surface area contributed by atoms with Crippen LogP contribution in [0.25, 0.3) is 0 Å². The number of hydrogen-bond donors (Lipinski definition) is 1. The summed E-state index contributed by atoms with van der Waals surface area (Å²) < 4.78 is 16.3. The summed E-state index contributed by atoms with van der Waals surface area (Å²) >= 11 is 0. The van der Waals surface area contributed by atoms with Crippen LogP contribution >= 0.6 is 0 Å². The largest absolute Gasteiger partial charge is 0.497 e. The first-order chi connectivity index (χ1) is 9.63. The van der Waals surface area contributed by atoms with Gasteiger partial charge in [0.05, 0.1) is 20.3 Å². The zero-order chi connectivity index (χ0) is 14.5. The molecule has 0 aromatic heterocycles. The second-order valence-corrected chi connectivity index (χ2v) is 5.00. The van der Waals surface area contributed by atoms with Gasteiger partial charge in [0.15, 0.2) is 0 Å². The molecule has 1 heterocycles. The molecule has 110 valence electrons. The first-order valence-electron chi connectivity index (χ1n) is 6.76. The maximum atomic E-state index is 11.3. The molecule has 2 rings (SSSR count). The van der Waals surface area contributed by atoms with Crippen molar-refractivity contribution in [2.45, 2.75) is 25.4 Å². The molecule has 0 bridgehead atoms. The molecular formula is C15H21NO4. The molecule has 1 aromatic rings. The highest BCUT2D eigenvalue weighted by atomic mass is 16.5. The van der Waals surface area contributed by atoms with Crippen LogP contribution in [0.4, 0.5) is 0 Å². The van der Waals surface area contributed by atoms with Crippen LogP contribution in [0.1, 0.15) is 18.4 Å². The maximum absolute atomic E-state index is 11.3. The number of amides is 1. The second-order valence-electron chi connectivity index (χ2n) is 5.00. The fraction of sp³-hybridized carbons (Fsp3) is 0.533. The molecule has 0 spiro atoms. The second kappa shape index (κ2) is 6.61. The van der Waals surface area contributed by atoms with Crippen LogP contribution < -0.4 is 15.2 Å². The Hall–Kier alpha value is -1.75. The summed E-state index contributed by atoms with van der Waals surface area (Å²) in [5.41, 5.74) is 6.43. The van der Waals surface area contributed by atoms with Gasteiger partial charge in [-0.3, -0.25) is 4.79 Å². The summed E-state index contributed by atoms with van der Waals surface area (Å²) in [4.78, 5) is 11.3. The summed E-state index contributed by atoms with van der Waals surface area (Å²) in [7, 11) is 3.25. The molecule has 1 aliphatic heterocycles. The normalized spacial score (nSPS) is 22.3. The van der Waals surface area contributed by atoms with Crippen molar-refractivity contribution in [1.82, 2.24) is 0 Å². The van der Waals surface area contributed by atoms with Gasteiger partial charge in [0, 0.05) is 25.0 Å². The summed E-state index contributed by atoms with van der Waals surface area (Å²) in [5, 5.41) is 0. The van der Waals surface area contributed by atoms with Crippen LogP contribution in [0.3, 0.4) is 0 Å². The standard InChI is InChI=1S/C15H21NO4/c1-18-12-4-3-10(14(9-12)19-2)7-13-8-11(15(16)17)5-6-20-13/h3-4,9,11,13H,5-8H2,1-2H3,(H2,16,17). The first kappa shape index (κ1) is 14.7. The Morgan fingerprint density at radius 2 is 2.20 bits per heavy atom. The van der Waals surface area contributed by atoms with Gasteiger partial charge in [-0.15, -0.1) is 0 Å². The summed E-state index contributed by atoms with van der Waals surface area (Å²) in [6, 6.07) is 5.71. The van der Waals surface area contributed by atoms with Crippen LogP contribution in [-0.4, -0.2) is 32.8 Å². The number of ether oxygens (including phenoxy) is 3. The van der Waals surface area contributed by atoms with Crippen molar-refractivity contribution in [1.29, 1.82) is 0 Å². The van der Waals surface area contributed by atoms with E-state index in [1.54, 1.807) is 14.2 Å². The Morgan fingerprint density at radius 1 is 1.40 bits per heavy atom. The minimum Gasteiger partial charge on any atom is -0.497 e. The average molecular weight is 279 g/mol. The van der Waals surface area contributed by atoms with Gasteiger partial charge >= 0.3 is 0 Å². The van der Waals surface area contributed by atoms with Crippen LogP contribution in [-0.2, 0) is 16.0 Å². The lowest BCUT2D eigenvalue weighted by atomic mass is 9.91. The highest BCUT2D eigenvalue weighted by Crippen LogP contribution is 2.29. The van der Waals surface area contributed by atoms with E-state index >= 15 is 0 Å². The fourth-order valence-corrected chi connectivity index (χ4v) is 2.55. The Balaban J connectivity index is 2.07. The van der Waals surface area contributed by atoms with Gasteiger partial charge in [0.25, 0.3) is 0 Å². The summed E-state index contributed by atoms with van der Waals surface area (Å²) in [6.07, 6.45) is 2.09. The molecule has 1 fully saturated rings. The van der Waals surface area contributed by atoms with Crippen molar-refractivity contribution in [2.75, 3.05) is 20.8 Å². The molecule has 5 heteroatoms. The molecular weight excluding hydrogens is 258 g/mol. The van der Waals surface area contributed by atoms with E-state index in [1.165, 1.54) is 0 Å². The predicted molar refractivity (Wildman–Crippen MR) is 74.9 cm³/mol. The van der Waals surface area contributed by atoms with E-state index < -0.39 is 0 Å². The van der Waals surface area contributed by atoms with Crippen molar-refractivity contribution in [3.05, 3.63) is 23.8 Å². The van der Waals surface area contributed by atoms with Crippen molar-refractivity contribution in [2.24, 2.45) is 11.7 Å². The highest BCUT2D eigenvalue weighted by molar-refractivity contribution is 5.76. The topological polar surface area (TPSA) is 70.8 Å². The molecule has 1 amide bonds. The van der Waals surface area contributed by atoms with Gasteiger partial charge < -0.3 is 19.9 Å². The molecule has 20 heavy (non-hydrogen) atoms. The van der Waals surface area contributed by atoms with E-state index in [0.717, 1.165) is 17.1 Å². The number of methoxy groups -OCH3 is 2. The fourth-order valence-electron chi connectivity index (χ4n) is 2.55. The number of benzene rings is 1. The van der Waals surface area contributed by atoms with Crippen molar-refractivity contribution < 1.29 is 19.0 Å². The lowest BCUT2D eigenvalue weighted by molar-refractivity contribution is -0.126. The maximum Gasteiger partial charge on any atom is 0.220 e. The van der Waals surface area contributed by atoms with Gasteiger partial charge in [0.1, 0.15) is 11.5 Å². The van der Waals surface area contributed by atoms with Crippen LogP contribution in [0.2, 0.25) is 0 Å². The smallest absolute Gasteiger partial charge is 0.220 e. The van der Waals surface area contributed by atoms with E-state index in [-0.39, 0.29) is 17.9 Å². The lowest BCUT2D eigenvalue weighted by Crippen LogP contribution is -2.34. The van der Waals surface area contributed by atoms with Crippen molar-refractivity contribution in [3.63, 3.8) is 0 Å². The third-order valence-electron chi connectivity index (χ3n) is 3.71. The van der Waals surface area contributed by atoms with Gasteiger partial charge in [-0.2, -0.15) is 0 Å². The van der Waals surface area contributed by atoms with Crippen LogP contribution in [0.5, 0.6) is 11.5 Å². The average Bonchev–Trinajstić information content (AvgIpc) is 2.48. The van der Waals surface area contributed by atoms with Crippen molar-refractivity contribution in [3.8, 4) is 11.5 Å². The molecule has 2 unspecified atom stereocenters. The monoisotopic (exact) mass is 279 g/mol. The molecule has 0 aliphatic carbocycles. The number of primary amides is 1. The molecule has 5 nitrogen and oxygen atoms in total. The van der Waals surface area contributed by atoms with E-state index in [1.807, 2.05) is 18.2 Å².